The van der Waals surface area contributed by atoms with Gasteiger partial charge in [0.1, 0.15) is 0 Å². The average molecular weight is 450 g/mol. The Kier molecular flexibility index (Phi) is 7.90. The number of rotatable bonds is 5. The number of aryl methyl sites for hydroxylation is 1. The van der Waals surface area contributed by atoms with Gasteiger partial charge in [0.25, 0.3) is 5.91 Å². The van der Waals surface area contributed by atoms with E-state index >= 15 is 0 Å². The lowest BCUT2D eigenvalue weighted by Crippen LogP contribution is -2.44. The maximum Gasteiger partial charge on any atom is 0.313 e. The first-order chi connectivity index (χ1) is 15.6. The second-order valence-electron chi connectivity index (χ2n) is 10.1. The topological polar surface area (TPSA) is 87.3 Å². The molecule has 6 heteroatoms. The van der Waals surface area contributed by atoms with Gasteiger partial charge in [-0.1, -0.05) is 62.7 Å². The van der Waals surface area contributed by atoms with Crippen molar-refractivity contribution >= 4 is 23.4 Å². The summed E-state index contributed by atoms with van der Waals surface area (Å²) in [5.41, 5.74) is 3.03. The van der Waals surface area contributed by atoms with Crippen molar-refractivity contribution in [2.45, 2.75) is 66.0 Å². The summed E-state index contributed by atoms with van der Waals surface area (Å²) in [4.78, 5) is 37.8. The summed E-state index contributed by atoms with van der Waals surface area (Å²) in [7, 11) is 0. The van der Waals surface area contributed by atoms with Gasteiger partial charge in [-0.25, -0.2) is 0 Å². The largest absolute Gasteiger partial charge is 0.348 e. The predicted octanol–water partition coefficient (Wildman–Crippen LogP) is 4.58. The van der Waals surface area contributed by atoms with E-state index in [0.29, 0.717) is 23.7 Å². The van der Waals surface area contributed by atoms with E-state index in [1.807, 2.05) is 31.2 Å². The molecule has 2 aromatic carbocycles. The molecule has 2 aromatic rings. The second kappa shape index (κ2) is 10.6. The first kappa shape index (κ1) is 24.5. The molecule has 0 spiro atoms. The minimum Gasteiger partial charge on any atom is -0.348 e. The van der Waals surface area contributed by atoms with Crippen LogP contribution < -0.4 is 16.0 Å². The van der Waals surface area contributed by atoms with E-state index in [1.54, 1.807) is 24.3 Å². The molecule has 176 valence electrons. The lowest BCUT2D eigenvalue weighted by molar-refractivity contribution is -0.136. The van der Waals surface area contributed by atoms with Gasteiger partial charge in [-0.15, -0.1) is 0 Å². The summed E-state index contributed by atoms with van der Waals surface area (Å²) in [5, 5.41) is 8.34. The number of hydrogen-bond donors (Lipinski definition) is 3. The standard InChI is InChI=1S/C27H35N3O3/c1-18-9-11-19(12-10-18)17-28-24(31)22-7-5-6-8-23(22)30-26(33)25(32)29-21-15-13-20(14-16-21)27(2,3)4/h5-12,20-21H,13-17H2,1-4H3,(H,28,31)(H,29,32)(H,30,33). The number of carbonyl (C=O) groups excluding carboxylic acids is 3. The van der Waals surface area contributed by atoms with Crippen LogP contribution in [-0.2, 0) is 16.1 Å². The SMILES string of the molecule is Cc1ccc(CNC(=O)c2ccccc2NC(=O)C(=O)NC2CCC(C(C)(C)C)CC2)cc1. The third-order valence-electron chi connectivity index (χ3n) is 6.49. The van der Waals surface area contributed by atoms with Crippen molar-refractivity contribution in [3.05, 3.63) is 65.2 Å². The summed E-state index contributed by atoms with van der Waals surface area (Å²) in [6.07, 6.45) is 3.83. The Bertz CT molecular complexity index is 984. The zero-order valence-corrected chi connectivity index (χ0v) is 20.0. The summed E-state index contributed by atoms with van der Waals surface area (Å²) < 4.78 is 0. The van der Waals surface area contributed by atoms with Crippen LogP contribution in [0, 0.1) is 18.3 Å². The summed E-state index contributed by atoms with van der Waals surface area (Å²) in [5.74, 6) is -1.10. The van der Waals surface area contributed by atoms with E-state index < -0.39 is 11.8 Å². The fourth-order valence-electron chi connectivity index (χ4n) is 4.31. The molecule has 0 aromatic heterocycles. The Morgan fingerprint density at radius 1 is 0.879 bits per heavy atom. The van der Waals surface area contributed by atoms with Crippen LogP contribution in [-0.4, -0.2) is 23.8 Å². The normalized spacial score (nSPS) is 18.3. The fraction of sp³-hybridized carbons (Fsp3) is 0.444. The average Bonchev–Trinajstić information content (AvgIpc) is 2.78. The van der Waals surface area contributed by atoms with Crippen LogP contribution in [0.3, 0.4) is 0 Å². The molecule has 33 heavy (non-hydrogen) atoms. The smallest absolute Gasteiger partial charge is 0.313 e. The molecule has 6 nitrogen and oxygen atoms in total. The number of hydrogen-bond acceptors (Lipinski definition) is 3. The van der Waals surface area contributed by atoms with Gasteiger partial charge in [-0.2, -0.15) is 0 Å². The van der Waals surface area contributed by atoms with Gasteiger partial charge in [0.05, 0.1) is 11.3 Å². The van der Waals surface area contributed by atoms with Crippen molar-refractivity contribution in [3.8, 4) is 0 Å². The molecule has 0 aliphatic heterocycles. The molecule has 1 aliphatic rings. The number of carbonyl (C=O) groups is 3. The Hall–Kier alpha value is -3.15. The molecule has 1 fully saturated rings. The molecule has 1 aliphatic carbocycles. The molecule has 3 N–H and O–H groups in total. The van der Waals surface area contributed by atoms with Crippen molar-refractivity contribution in [2.24, 2.45) is 11.3 Å². The molecule has 0 radical (unpaired) electrons. The number of amides is 3. The zero-order valence-electron chi connectivity index (χ0n) is 20.0. The Balaban J connectivity index is 1.55. The molecular weight excluding hydrogens is 414 g/mol. The van der Waals surface area contributed by atoms with Crippen molar-refractivity contribution in [2.75, 3.05) is 5.32 Å². The number of anilines is 1. The molecule has 3 rings (SSSR count). The number of benzene rings is 2. The third kappa shape index (κ3) is 6.91. The van der Waals surface area contributed by atoms with Gasteiger partial charge < -0.3 is 16.0 Å². The van der Waals surface area contributed by atoms with Crippen molar-refractivity contribution in [1.29, 1.82) is 0 Å². The van der Waals surface area contributed by atoms with E-state index in [-0.39, 0.29) is 17.4 Å². The maximum absolute atomic E-state index is 12.7. The first-order valence-corrected chi connectivity index (χ1v) is 11.7. The Morgan fingerprint density at radius 2 is 1.52 bits per heavy atom. The van der Waals surface area contributed by atoms with Crippen LogP contribution in [0.4, 0.5) is 5.69 Å². The van der Waals surface area contributed by atoms with E-state index in [9.17, 15) is 14.4 Å². The van der Waals surface area contributed by atoms with Crippen molar-refractivity contribution in [3.63, 3.8) is 0 Å². The van der Waals surface area contributed by atoms with Crippen LogP contribution in [0.25, 0.3) is 0 Å². The molecular formula is C27H35N3O3. The highest BCUT2D eigenvalue weighted by Crippen LogP contribution is 2.37. The molecule has 0 saturated heterocycles. The lowest BCUT2D eigenvalue weighted by Gasteiger charge is -2.37. The minimum absolute atomic E-state index is 0.00917. The van der Waals surface area contributed by atoms with Crippen molar-refractivity contribution < 1.29 is 14.4 Å². The van der Waals surface area contributed by atoms with E-state index in [0.717, 1.165) is 36.8 Å². The van der Waals surface area contributed by atoms with Crippen LogP contribution in [0.15, 0.2) is 48.5 Å². The third-order valence-corrected chi connectivity index (χ3v) is 6.49. The van der Waals surface area contributed by atoms with Gasteiger partial charge in [0.15, 0.2) is 0 Å². The Morgan fingerprint density at radius 3 is 2.15 bits per heavy atom. The number of nitrogens with one attached hydrogen (secondary N) is 3. The van der Waals surface area contributed by atoms with Crippen LogP contribution in [0.5, 0.6) is 0 Å². The molecule has 3 amide bonds. The first-order valence-electron chi connectivity index (χ1n) is 11.7. The van der Waals surface area contributed by atoms with Gasteiger partial charge in [-0.05, 0) is 61.6 Å². The van der Waals surface area contributed by atoms with E-state index in [4.69, 9.17) is 0 Å². The summed E-state index contributed by atoms with van der Waals surface area (Å²) in [6.45, 7) is 9.13. The highest BCUT2D eigenvalue weighted by molar-refractivity contribution is 6.40. The van der Waals surface area contributed by atoms with Gasteiger partial charge >= 0.3 is 11.8 Å². The summed E-state index contributed by atoms with van der Waals surface area (Å²) in [6, 6.07) is 14.6. The quantitative estimate of drug-likeness (QED) is 0.584. The highest BCUT2D eigenvalue weighted by Gasteiger charge is 2.31. The monoisotopic (exact) mass is 449 g/mol. The molecule has 0 bridgehead atoms. The van der Waals surface area contributed by atoms with Crippen LogP contribution >= 0.6 is 0 Å². The second-order valence-corrected chi connectivity index (χ2v) is 10.1. The van der Waals surface area contributed by atoms with Crippen LogP contribution in [0.2, 0.25) is 0 Å². The predicted molar refractivity (Wildman–Crippen MR) is 131 cm³/mol. The number of para-hydroxylation sites is 1. The zero-order chi connectivity index (χ0) is 24.0. The van der Waals surface area contributed by atoms with Gasteiger partial charge in [0.2, 0.25) is 0 Å². The van der Waals surface area contributed by atoms with E-state index in [2.05, 4.69) is 36.7 Å². The molecule has 0 heterocycles. The van der Waals surface area contributed by atoms with Crippen LogP contribution in [0.1, 0.15) is 67.9 Å². The molecule has 1 saturated carbocycles. The lowest BCUT2D eigenvalue weighted by atomic mass is 9.71. The highest BCUT2D eigenvalue weighted by atomic mass is 16.2. The Labute approximate surface area is 196 Å². The maximum atomic E-state index is 12.7. The molecule has 0 atom stereocenters. The minimum atomic E-state index is -0.758. The van der Waals surface area contributed by atoms with Gasteiger partial charge in [-0.3, -0.25) is 14.4 Å². The van der Waals surface area contributed by atoms with Crippen molar-refractivity contribution in [1.82, 2.24) is 10.6 Å². The fourth-order valence-corrected chi connectivity index (χ4v) is 4.31. The van der Waals surface area contributed by atoms with E-state index in [1.165, 1.54) is 0 Å². The summed E-state index contributed by atoms with van der Waals surface area (Å²) >= 11 is 0. The molecule has 0 unspecified atom stereocenters. The van der Waals surface area contributed by atoms with Gasteiger partial charge in [0, 0.05) is 12.6 Å².